The van der Waals surface area contributed by atoms with Crippen molar-refractivity contribution in [3.05, 3.63) is 137 Å². The zero-order valence-corrected chi connectivity index (χ0v) is 25.1. The summed E-state index contributed by atoms with van der Waals surface area (Å²) in [5.41, 5.74) is 6.84. The molecule has 0 spiro atoms. The van der Waals surface area contributed by atoms with Crippen molar-refractivity contribution in [3.8, 4) is 17.2 Å². The fraction of sp³-hybridized carbons (Fsp3) is 0.250. The first-order valence-electron chi connectivity index (χ1n) is 14.9. The van der Waals surface area contributed by atoms with Gasteiger partial charge in [-0.1, -0.05) is 90.5 Å². The molecule has 1 aliphatic rings. The Morgan fingerprint density at radius 3 is 2.23 bits per heavy atom. The fourth-order valence-electron chi connectivity index (χ4n) is 5.78. The molecule has 0 saturated carbocycles. The van der Waals surface area contributed by atoms with Crippen LogP contribution in [0.4, 0.5) is 0 Å². The van der Waals surface area contributed by atoms with Crippen molar-refractivity contribution in [1.82, 2.24) is 30.0 Å². The number of hydrogen-bond acceptors (Lipinski definition) is 6. The van der Waals surface area contributed by atoms with Gasteiger partial charge in [0.1, 0.15) is 11.5 Å². The zero-order valence-electron chi connectivity index (χ0n) is 25.1. The van der Waals surface area contributed by atoms with E-state index in [0.717, 1.165) is 72.4 Å². The third-order valence-electron chi connectivity index (χ3n) is 8.07. The lowest BCUT2D eigenvalue weighted by molar-refractivity contribution is 0.113. The summed E-state index contributed by atoms with van der Waals surface area (Å²) in [4.78, 5) is 5.00. The van der Waals surface area contributed by atoms with E-state index in [1.54, 1.807) is 0 Å². The van der Waals surface area contributed by atoms with E-state index in [1.165, 1.54) is 11.1 Å². The predicted molar refractivity (Wildman–Crippen MR) is 172 cm³/mol. The smallest absolute Gasteiger partial charge is 0.178 e. The zero-order chi connectivity index (χ0) is 29.6. The molecule has 1 atom stereocenters. The van der Waals surface area contributed by atoms with Crippen LogP contribution < -0.4 is 4.74 Å². The van der Waals surface area contributed by atoms with Crippen molar-refractivity contribution in [1.29, 1.82) is 0 Å². The minimum Gasteiger partial charge on any atom is -0.457 e. The van der Waals surface area contributed by atoms with Crippen LogP contribution in [0, 0.1) is 20.8 Å². The van der Waals surface area contributed by atoms with Gasteiger partial charge >= 0.3 is 0 Å². The Bertz CT molecular complexity index is 1650. The van der Waals surface area contributed by atoms with Crippen LogP contribution in [0.5, 0.6) is 11.5 Å². The molecule has 6 rings (SSSR count). The Hall–Kier alpha value is -4.59. The lowest BCUT2D eigenvalue weighted by atomic mass is 10.0. The van der Waals surface area contributed by atoms with Gasteiger partial charge in [0.25, 0.3) is 0 Å². The van der Waals surface area contributed by atoms with Gasteiger partial charge in [0, 0.05) is 32.7 Å². The Balaban J connectivity index is 1.29. The normalized spacial score (nSPS) is 15.1. The number of benzene rings is 4. The first-order chi connectivity index (χ1) is 21.0. The largest absolute Gasteiger partial charge is 0.457 e. The maximum atomic E-state index is 6.29. The van der Waals surface area contributed by atoms with Crippen LogP contribution >= 0.6 is 0 Å². The van der Waals surface area contributed by atoms with Crippen molar-refractivity contribution in [2.24, 2.45) is 0 Å². The van der Waals surface area contributed by atoms with Gasteiger partial charge in [0.15, 0.2) is 5.82 Å². The molecule has 7 heteroatoms. The molecule has 0 amide bonds. The van der Waals surface area contributed by atoms with Gasteiger partial charge in [-0.15, -0.1) is 5.10 Å². The summed E-state index contributed by atoms with van der Waals surface area (Å²) in [6.45, 7) is 10.9. The van der Waals surface area contributed by atoms with Crippen molar-refractivity contribution in [3.63, 3.8) is 0 Å². The number of aryl methyl sites for hydroxylation is 3. The second-order valence-electron chi connectivity index (χ2n) is 11.2. The highest BCUT2D eigenvalue weighted by atomic mass is 16.5. The monoisotopic (exact) mass is 570 g/mol. The molecule has 0 radical (unpaired) electrons. The summed E-state index contributed by atoms with van der Waals surface area (Å²) < 4.78 is 8.22. The average molecular weight is 571 g/mol. The Morgan fingerprint density at radius 2 is 1.49 bits per heavy atom. The molecular formula is C36H38N6O. The second-order valence-corrected chi connectivity index (χ2v) is 11.2. The molecule has 4 aromatic carbocycles. The third kappa shape index (κ3) is 6.74. The van der Waals surface area contributed by atoms with Crippen molar-refractivity contribution >= 4 is 6.08 Å². The highest BCUT2D eigenvalue weighted by Crippen LogP contribution is 2.33. The summed E-state index contributed by atoms with van der Waals surface area (Å²) in [7, 11) is 0. The Morgan fingerprint density at radius 1 is 0.767 bits per heavy atom. The van der Waals surface area contributed by atoms with Crippen LogP contribution in [0.1, 0.15) is 39.7 Å². The highest BCUT2D eigenvalue weighted by Gasteiger charge is 2.31. The summed E-state index contributed by atoms with van der Waals surface area (Å²) >= 11 is 0. The summed E-state index contributed by atoms with van der Waals surface area (Å²) in [6.07, 6.45) is 4.46. The standard InChI is InChI=1S/C36H38N6O/c1-27-17-19-32(20-18-27)43-33-16-8-15-31(26-33)35(36-37-38-39-42(36)34-28(2)10-7-11-29(34)3)41-24-22-40(23-25-41)21-9-14-30-12-5-4-6-13-30/h4-20,26,35H,21-25H2,1-3H3. The molecule has 1 unspecified atom stereocenters. The first-order valence-corrected chi connectivity index (χ1v) is 14.9. The van der Waals surface area contributed by atoms with Crippen LogP contribution in [0.25, 0.3) is 11.8 Å². The van der Waals surface area contributed by atoms with Crippen LogP contribution in [-0.2, 0) is 0 Å². The minimum atomic E-state index is -0.141. The van der Waals surface area contributed by atoms with E-state index in [-0.39, 0.29) is 6.04 Å². The lowest BCUT2D eigenvalue weighted by Crippen LogP contribution is -2.48. The van der Waals surface area contributed by atoms with E-state index in [9.17, 15) is 0 Å². The maximum absolute atomic E-state index is 6.29. The van der Waals surface area contributed by atoms with Gasteiger partial charge in [0.05, 0.1) is 11.7 Å². The summed E-state index contributed by atoms with van der Waals surface area (Å²) in [5, 5.41) is 13.3. The number of aromatic nitrogens is 4. The van der Waals surface area contributed by atoms with E-state index in [0.29, 0.717) is 0 Å². The van der Waals surface area contributed by atoms with Crippen molar-refractivity contribution in [2.75, 3.05) is 32.7 Å². The van der Waals surface area contributed by atoms with Gasteiger partial charge in [0.2, 0.25) is 0 Å². The maximum Gasteiger partial charge on any atom is 0.178 e. The minimum absolute atomic E-state index is 0.141. The Labute approximate surface area is 254 Å². The third-order valence-corrected chi connectivity index (χ3v) is 8.07. The SMILES string of the molecule is Cc1ccc(Oc2cccc(C(c3nnnn3-c3c(C)cccc3C)N3CCN(CC=Cc4ccccc4)CC3)c2)cc1. The molecular weight excluding hydrogens is 532 g/mol. The molecule has 0 aliphatic carbocycles. The number of tetrazole rings is 1. The number of para-hydroxylation sites is 1. The molecule has 0 N–H and O–H groups in total. The van der Waals surface area contributed by atoms with Gasteiger partial charge < -0.3 is 4.74 Å². The van der Waals surface area contributed by atoms with Crippen LogP contribution in [-0.4, -0.2) is 62.7 Å². The van der Waals surface area contributed by atoms with Gasteiger partial charge in [-0.3, -0.25) is 9.80 Å². The fourth-order valence-corrected chi connectivity index (χ4v) is 5.78. The molecule has 1 saturated heterocycles. The molecule has 1 aromatic heterocycles. The van der Waals surface area contributed by atoms with E-state index >= 15 is 0 Å². The average Bonchev–Trinajstić information content (AvgIpc) is 3.49. The van der Waals surface area contributed by atoms with E-state index in [2.05, 4.69) is 131 Å². The molecule has 1 fully saturated rings. The second kappa shape index (κ2) is 13.2. The summed E-state index contributed by atoms with van der Waals surface area (Å²) in [5.74, 6) is 2.42. The molecule has 1 aliphatic heterocycles. The first kappa shape index (κ1) is 28.5. The predicted octanol–water partition coefficient (Wildman–Crippen LogP) is 6.80. The number of ether oxygens (including phenoxy) is 1. The number of nitrogens with zero attached hydrogens (tertiary/aromatic N) is 6. The summed E-state index contributed by atoms with van der Waals surface area (Å²) in [6, 6.07) is 33.1. The lowest BCUT2D eigenvalue weighted by Gasteiger charge is -2.38. The van der Waals surface area contributed by atoms with Crippen LogP contribution in [0.2, 0.25) is 0 Å². The van der Waals surface area contributed by atoms with Gasteiger partial charge in [-0.05, 0) is 77.7 Å². The van der Waals surface area contributed by atoms with Gasteiger partial charge in [-0.2, -0.15) is 4.68 Å². The topological polar surface area (TPSA) is 59.3 Å². The Kier molecular flexibility index (Phi) is 8.72. The number of piperazine rings is 1. The van der Waals surface area contributed by atoms with Crippen molar-refractivity contribution in [2.45, 2.75) is 26.8 Å². The molecule has 43 heavy (non-hydrogen) atoms. The van der Waals surface area contributed by atoms with E-state index in [4.69, 9.17) is 4.74 Å². The molecule has 5 aromatic rings. The molecule has 2 heterocycles. The number of hydrogen-bond donors (Lipinski definition) is 0. The van der Waals surface area contributed by atoms with Crippen LogP contribution in [0.3, 0.4) is 0 Å². The van der Waals surface area contributed by atoms with Gasteiger partial charge in [-0.25, -0.2) is 0 Å². The van der Waals surface area contributed by atoms with E-state index < -0.39 is 0 Å². The highest BCUT2D eigenvalue weighted by molar-refractivity contribution is 5.49. The van der Waals surface area contributed by atoms with Crippen LogP contribution in [0.15, 0.2) is 103 Å². The molecule has 7 nitrogen and oxygen atoms in total. The van der Waals surface area contributed by atoms with Crippen molar-refractivity contribution < 1.29 is 4.74 Å². The number of rotatable bonds is 9. The quantitative estimate of drug-likeness (QED) is 0.194. The van der Waals surface area contributed by atoms with E-state index in [1.807, 2.05) is 28.9 Å². The molecule has 218 valence electrons. The molecule has 0 bridgehead atoms.